The summed E-state index contributed by atoms with van der Waals surface area (Å²) in [6, 6.07) is 1.65. The van der Waals surface area contributed by atoms with Gasteiger partial charge in [0.2, 0.25) is 0 Å². The first-order chi connectivity index (χ1) is 7.15. The number of carbonyl (C=O) groups excluding carboxylic acids is 1. The Bertz CT molecular complexity index is 337. The number of hydrogen-bond acceptors (Lipinski definition) is 3. The van der Waals surface area contributed by atoms with E-state index < -0.39 is 0 Å². The van der Waals surface area contributed by atoms with E-state index in [1.807, 2.05) is 13.8 Å². The Morgan fingerprint density at radius 3 is 2.93 bits per heavy atom. The van der Waals surface area contributed by atoms with Crippen LogP contribution in [0.15, 0.2) is 18.5 Å². The van der Waals surface area contributed by atoms with Gasteiger partial charge in [0.05, 0.1) is 18.9 Å². The molecule has 0 spiro atoms. The maximum absolute atomic E-state index is 11.7. The molecule has 0 radical (unpaired) electrons. The summed E-state index contributed by atoms with van der Waals surface area (Å²) < 4.78 is 5.05. The minimum atomic E-state index is -0.122. The monoisotopic (exact) mass is 208 g/mol. The molecule has 0 aliphatic heterocycles. The lowest BCUT2D eigenvalue weighted by Gasteiger charge is -2.09. The number of amides is 1. The molecular formula is C11H16N2O2. The van der Waals surface area contributed by atoms with Crippen LogP contribution in [0.2, 0.25) is 0 Å². The number of nitrogens with zero attached hydrogens (tertiary/aromatic N) is 1. The first-order valence-corrected chi connectivity index (χ1v) is 4.91. The molecule has 1 N–H and O–H groups in total. The standard InChI is InChI=1S/C11H16N2O2/c1-8(2)6-13-11(14)9-4-5-12-7-10(9)15-3/h4-5,7-8H,6H2,1-3H3,(H,13,14). The highest BCUT2D eigenvalue weighted by molar-refractivity contribution is 5.96. The van der Waals surface area contributed by atoms with Crippen molar-refractivity contribution in [2.75, 3.05) is 13.7 Å². The van der Waals surface area contributed by atoms with Crippen molar-refractivity contribution in [3.8, 4) is 5.75 Å². The third-order valence-electron chi connectivity index (χ3n) is 1.92. The van der Waals surface area contributed by atoms with Gasteiger partial charge in [-0.15, -0.1) is 0 Å². The van der Waals surface area contributed by atoms with Gasteiger partial charge in [0.15, 0.2) is 0 Å². The van der Waals surface area contributed by atoms with E-state index in [-0.39, 0.29) is 5.91 Å². The zero-order valence-electron chi connectivity index (χ0n) is 9.28. The van der Waals surface area contributed by atoms with Crippen molar-refractivity contribution < 1.29 is 9.53 Å². The largest absolute Gasteiger partial charge is 0.494 e. The molecule has 0 saturated heterocycles. The number of ether oxygens (including phenoxy) is 1. The lowest BCUT2D eigenvalue weighted by atomic mass is 10.2. The smallest absolute Gasteiger partial charge is 0.255 e. The highest BCUT2D eigenvalue weighted by atomic mass is 16.5. The SMILES string of the molecule is COc1cnccc1C(=O)NCC(C)C. The first-order valence-electron chi connectivity index (χ1n) is 4.91. The molecule has 0 unspecified atom stereocenters. The van der Waals surface area contributed by atoms with Crippen LogP contribution < -0.4 is 10.1 Å². The molecule has 1 aromatic rings. The fourth-order valence-corrected chi connectivity index (χ4v) is 1.12. The Kier molecular flexibility index (Phi) is 4.09. The van der Waals surface area contributed by atoms with E-state index in [1.165, 1.54) is 13.3 Å². The molecule has 4 nitrogen and oxygen atoms in total. The summed E-state index contributed by atoms with van der Waals surface area (Å²) in [6.45, 7) is 4.75. The van der Waals surface area contributed by atoms with Crippen molar-refractivity contribution in [1.82, 2.24) is 10.3 Å². The fraction of sp³-hybridized carbons (Fsp3) is 0.455. The molecule has 1 amide bonds. The third-order valence-corrected chi connectivity index (χ3v) is 1.92. The highest BCUT2D eigenvalue weighted by Gasteiger charge is 2.11. The minimum Gasteiger partial charge on any atom is -0.494 e. The molecule has 0 atom stereocenters. The predicted molar refractivity (Wildman–Crippen MR) is 58.0 cm³/mol. The van der Waals surface area contributed by atoms with E-state index in [4.69, 9.17) is 4.74 Å². The lowest BCUT2D eigenvalue weighted by molar-refractivity contribution is 0.0946. The topological polar surface area (TPSA) is 51.2 Å². The molecule has 0 aliphatic carbocycles. The quantitative estimate of drug-likeness (QED) is 0.815. The van der Waals surface area contributed by atoms with Crippen LogP contribution in [0.25, 0.3) is 0 Å². The normalized spacial score (nSPS) is 10.1. The van der Waals surface area contributed by atoms with Crippen molar-refractivity contribution in [3.63, 3.8) is 0 Å². The minimum absolute atomic E-state index is 0.122. The second-order valence-corrected chi connectivity index (χ2v) is 3.68. The van der Waals surface area contributed by atoms with Gasteiger partial charge in [-0.25, -0.2) is 0 Å². The summed E-state index contributed by atoms with van der Waals surface area (Å²) in [5.41, 5.74) is 0.521. The van der Waals surface area contributed by atoms with Crippen LogP contribution in [-0.2, 0) is 0 Å². The average Bonchev–Trinajstić information content (AvgIpc) is 2.25. The molecule has 82 valence electrons. The predicted octanol–water partition coefficient (Wildman–Crippen LogP) is 1.48. The third kappa shape index (κ3) is 3.23. The summed E-state index contributed by atoms with van der Waals surface area (Å²) >= 11 is 0. The summed E-state index contributed by atoms with van der Waals surface area (Å²) in [7, 11) is 1.52. The van der Waals surface area contributed by atoms with Gasteiger partial charge in [0.1, 0.15) is 5.75 Å². The van der Waals surface area contributed by atoms with Gasteiger partial charge in [-0.1, -0.05) is 13.8 Å². The second kappa shape index (κ2) is 5.34. The van der Waals surface area contributed by atoms with E-state index in [1.54, 1.807) is 12.3 Å². The summed E-state index contributed by atoms with van der Waals surface area (Å²) in [4.78, 5) is 15.6. The van der Waals surface area contributed by atoms with Crippen LogP contribution in [0.5, 0.6) is 5.75 Å². The van der Waals surface area contributed by atoms with Crippen molar-refractivity contribution in [1.29, 1.82) is 0 Å². The molecule has 0 aliphatic rings. The second-order valence-electron chi connectivity index (χ2n) is 3.68. The number of methoxy groups -OCH3 is 1. The molecule has 1 rings (SSSR count). The van der Waals surface area contributed by atoms with Crippen LogP contribution in [0.1, 0.15) is 24.2 Å². The number of hydrogen-bond donors (Lipinski definition) is 1. The molecular weight excluding hydrogens is 192 g/mol. The Morgan fingerprint density at radius 2 is 2.33 bits per heavy atom. The van der Waals surface area contributed by atoms with Crippen molar-refractivity contribution in [2.24, 2.45) is 5.92 Å². The Balaban J connectivity index is 2.72. The van der Waals surface area contributed by atoms with Crippen molar-refractivity contribution >= 4 is 5.91 Å². The van der Waals surface area contributed by atoms with Crippen molar-refractivity contribution in [2.45, 2.75) is 13.8 Å². The molecule has 0 bridgehead atoms. The lowest BCUT2D eigenvalue weighted by Crippen LogP contribution is -2.27. The molecule has 0 aromatic carbocycles. The number of nitrogens with one attached hydrogen (secondary N) is 1. The summed E-state index contributed by atoms with van der Waals surface area (Å²) in [5.74, 6) is 0.809. The molecule has 0 saturated carbocycles. The van der Waals surface area contributed by atoms with Gasteiger partial charge in [-0.2, -0.15) is 0 Å². The molecule has 15 heavy (non-hydrogen) atoms. The number of aromatic nitrogens is 1. The zero-order chi connectivity index (χ0) is 11.3. The van der Waals surface area contributed by atoms with E-state index in [2.05, 4.69) is 10.3 Å². The van der Waals surface area contributed by atoms with Crippen LogP contribution in [0.3, 0.4) is 0 Å². The van der Waals surface area contributed by atoms with Gasteiger partial charge < -0.3 is 10.1 Å². The van der Waals surface area contributed by atoms with E-state index in [0.29, 0.717) is 23.8 Å². The maximum Gasteiger partial charge on any atom is 0.255 e. The van der Waals surface area contributed by atoms with E-state index in [0.717, 1.165) is 0 Å². The van der Waals surface area contributed by atoms with Crippen LogP contribution in [0.4, 0.5) is 0 Å². The number of rotatable bonds is 4. The van der Waals surface area contributed by atoms with Crippen molar-refractivity contribution in [3.05, 3.63) is 24.0 Å². The van der Waals surface area contributed by atoms with Gasteiger partial charge in [0.25, 0.3) is 5.91 Å². The van der Waals surface area contributed by atoms with Crippen LogP contribution in [-0.4, -0.2) is 24.5 Å². The summed E-state index contributed by atoms with van der Waals surface area (Å²) in [6.07, 6.45) is 3.11. The first kappa shape index (κ1) is 11.5. The zero-order valence-corrected chi connectivity index (χ0v) is 9.28. The van der Waals surface area contributed by atoms with E-state index in [9.17, 15) is 4.79 Å². The Morgan fingerprint density at radius 1 is 1.60 bits per heavy atom. The maximum atomic E-state index is 11.7. The summed E-state index contributed by atoms with van der Waals surface area (Å²) in [5, 5.41) is 2.83. The van der Waals surface area contributed by atoms with Gasteiger partial charge in [0, 0.05) is 12.7 Å². The Hall–Kier alpha value is -1.58. The fourth-order valence-electron chi connectivity index (χ4n) is 1.12. The van der Waals surface area contributed by atoms with Crippen LogP contribution >= 0.6 is 0 Å². The van der Waals surface area contributed by atoms with Gasteiger partial charge >= 0.3 is 0 Å². The number of pyridine rings is 1. The van der Waals surface area contributed by atoms with Gasteiger partial charge in [-0.05, 0) is 12.0 Å². The van der Waals surface area contributed by atoms with E-state index >= 15 is 0 Å². The Labute approximate surface area is 89.7 Å². The van der Waals surface area contributed by atoms with Crippen LogP contribution in [0, 0.1) is 5.92 Å². The molecule has 0 fully saturated rings. The molecule has 4 heteroatoms. The highest BCUT2D eigenvalue weighted by Crippen LogP contribution is 2.15. The molecule has 1 aromatic heterocycles. The average molecular weight is 208 g/mol. The van der Waals surface area contributed by atoms with Gasteiger partial charge in [-0.3, -0.25) is 9.78 Å². The number of carbonyl (C=O) groups is 1. The molecule has 1 heterocycles.